The number of aliphatic hydroxyl groups is 1. The maximum atomic E-state index is 13.6. The molecule has 6 heteroatoms. The largest absolute Gasteiger partial charge is 0.506 e. The normalized spacial score (nSPS) is 11.4. The Labute approximate surface area is 119 Å². The van der Waals surface area contributed by atoms with Gasteiger partial charge in [-0.2, -0.15) is 0 Å². The van der Waals surface area contributed by atoms with Crippen LogP contribution in [0.15, 0.2) is 42.6 Å². The van der Waals surface area contributed by atoms with Crippen molar-refractivity contribution in [1.82, 2.24) is 4.98 Å². The molecule has 0 atom stereocenters. The zero-order chi connectivity index (χ0) is 15.4. The van der Waals surface area contributed by atoms with Crippen LogP contribution < -0.4 is 0 Å². The van der Waals surface area contributed by atoms with Crippen LogP contribution in [0.3, 0.4) is 0 Å². The molecule has 0 bridgehead atoms. The summed E-state index contributed by atoms with van der Waals surface area (Å²) in [6.07, 6.45) is 2.32. The molecule has 0 aliphatic rings. The number of benzene rings is 1. The van der Waals surface area contributed by atoms with E-state index in [1.165, 1.54) is 12.3 Å². The Hall–Kier alpha value is -2.89. The van der Waals surface area contributed by atoms with E-state index in [1.54, 1.807) is 24.3 Å². The molecule has 0 unspecified atom stereocenters. The second-order valence-corrected chi connectivity index (χ2v) is 4.35. The van der Waals surface area contributed by atoms with Crippen LogP contribution >= 0.6 is 0 Å². The first-order valence-corrected chi connectivity index (χ1v) is 6.07. The Kier molecular flexibility index (Phi) is 4.18. The summed E-state index contributed by atoms with van der Waals surface area (Å²) < 4.78 is 13.6. The number of hydrogen-bond donors (Lipinski definition) is 3. The van der Waals surface area contributed by atoms with E-state index in [-0.39, 0.29) is 17.9 Å². The van der Waals surface area contributed by atoms with E-state index in [2.05, 4.69) is 4.98 Å². The Bertz CT molecular complexity index is 718. The van der Waals surface area contributed by atoms with Crippen molar-refractivity contribution in [3.8, 4) is 0 Å². The van der Waals surface area contributed by atoms with E-state index in [0.717, 1.165) is 0 Å². The summed E-state index contributed by atoms with van der Waals surface area (Å²) in [7, 11) is 0. The zero-order valence-corrected chi connectivity index (χ0v) is 10.8. The number of carboxylic acids is 1. The molecule has 2 rings (SSSR count). The van der Waals surface area contributed by atoms with Crippen molar-refractivity contribution in [3.05, 3.63) is 65.2 Å². The molecule has 0 saturated heterocycles. The number of aliphatic hydroxyl groups excluding tert-OH is 1. The third kappa shape index (κ3) is 3.36. The van der Waals surface area contributed by atoms with Gasteiger partial charge in [0.2, 0.25) is 0 Å². The highest BCUT2D eigenvalue weighted by Crippen LogP contribution is 2.20. The molecule has 0 saturated carbocycles. The summed E-state index contributed by atoms with van der Waals surface area (Å²) in [5.41, 5.74) is 1.16. The van der Waals surface area contributed by atoms with Crippen LogP contribution in [-0.2, 0) is 16.0 Å². The topological polar surface area (TPSA) is 90.4 Å². The number of hydrogen-bond acceptors (Lipinski definition) is 3. The van der Waals surface area contributed by atoms with Gasteiger partial charge in [0.15, 0.2) is 0 Å². The maximum Gasteiger partial charge on any atom is 0.376 e. The number of carbonyl (C=O) groups is 2. The second-order valence-electron chi connectivity index (χ2n) is 4.35. The third-order valence-corrected chi connectivity index (χ3v) is 2.91. The average Bonchev–Trinajstić information content (AvgIpc) is 2.89. The minimum atomic E-state index is -1.66. The van der Waals surface area contributed by atoms with Gasteiger partial charge >= 0.3 is 5.97 Å². The maximum absolute atomic E-state index is 13.6. The summed E-state index contributed by atoms with van der Waals surface area (Å²) >= 11 is 0. The summed E-state index contributed by atoms with van der Waals surface area (Å²) in [6.45, 7) is 0. The molecule has 1 aromatic heterocycles. The lowest BCUT2D eigenvalue weighted by Crippen LogP contribution is -2.10. The number of aliphatic carboxylic acids is 1. The first-order valence-electron chi connectivity index (χ1n) is 6.07. The first kappa shape index (κ1) is 14.5. The monoisotopic (exact) mass is 289 g/mol. The van der Waals surface area contributed by atoms with Gasteiger partial charge in [-0.25, -0.2) is 9.18 Å². The fourth-order valence-corrected chi connectivity index (χ4v) is 1.89. The smallest absolute Gasteiger partial charge is 0.376 e. The van der Waals surface area contributed by atoms with Gasteiger partial charge in [0.05, 0.1) is 5.69 Å². The van der Waals surface area contributed by atoms with E-state index in [0.29, 0.717) is 17.2 Å². The van der Waals surface area contributed by atoms with Crippen molar-refractivity contribution in [2.24, 2.45) is 0 Å². The van der Waals surface area contributed by atoms with Crippen molar-refractivity contribution in [2.45, 2.75) is 6.42 Å². The number of aromatic nitrogens is 1. The Morgan fingerprint density at radius 3 is 2.52 bits per heavy atom. The molecule has 1 aromatic carbocycles. The minimum absolute atomic E-state index is 0.188. The molecule has 0 fully saturated rings. The van der Waals surface area contributed by atoms with Crippen LogP contribution in [-0.4, -0.2) is 26.9 Å². The number of halogens is 1. The standard InChI is InChI=1S/C15H12FNO4/c16-11-4-2-1-3-9(11)7-10-5-6-17-14(10)12(18)8-13(19)15(20)21/h1-6,8,17-18H,7H2,(H,20,21). The van der Waals surface area contributed by atoms with Crippen LogP contribution in [0.25, 0.3) is 5.76 Å². The zero-order valence-electron chi connectivity index (χ0n) is 10.8. The van der Waals surface area contributed by atoms with Gasteiger partial charge in [0.1, 0.15) is 11.6 Å². The fraction of sp³-hybridized carbons (Fsp3) is 0.0667. The molecule has 0 spiro atoms. The highest BCUT2D eigenvalue weighted by atomic mass is 19.1. The minimum Gasteiger partial charge on any atom is -0.506 e. The lowest BCUT2D eigenvalue weighted by Gasteiger charge is -2.05. The third-order valence-electron chi connectivity index (χ3n) is 2.91. The first-order chi connectivity index (χ1) is 9.99. The number of rotatable bonds is 5. The molecule has 0 aliphatic heterocycles. The van der Waals surface area contributed by atoms with Gasteiger partial charge in [0, 0.05) is 18.7 Å². The lowest BCUT2D eigenvalue weighted by molar-refractivity contribution is -0.146. The SMILES string of the molecule is O=C(O)C(=O)C=C(O)c1[nH]ccc1Cc1ccccc1F. The Morgan fingerprint density at radius 1 is 1.14 bits per heavy atom. The van der Waals surface area contributed by atoms with Crippen molar-refractivity contribution in [2.75, 3.05) is 0 Å². The Morgan fingerprint density at radius 2 is 1.86 bits per heavy atom. The van der Waals surface area contributed by atoms with Crippen LogP contribution in [0.5, 0.6) is 0 Å². The van der Waals surface area contributed by atoms with Gasteiger partial charge in [-0.1, -0.05) is 18.2 Å². The van der Waals surface area contributed by atoms with Crippen molar-refractivity contribution in [1.29, 1.82) is 0 Å². The van der Waals surface area contributed by atoms with Gasteiger partial charge in [-0.15, -0.1) is 0 Å². The summed E-state index contributed by atoms with van der Waals surface area (Å²) in [6, 6.07) is 7.81. The quantitative estimate of drug-likeness (QED) is 0.447. The van der Waals surface area contributed by atoms with Crippen molar-refractivity contribution < 1.29 is 24.2 Å². The molecule has 108 valence electrons. The molecular weight excluding hydrogens is 277 g/mol. The lowest BCUT2D eigenvalue weighted by atomic mass is 10.0. The highest BCUT2D eigenvalue weighted by molar-refractivity contribution is 6.38. The molecule has 21 heavy (non-hydrogen) atoms. The summed E-state index contributed by atoms with van der Waals surface area (Å²) in [5, 5.41) is 18.3. The number of ketones is 1. The average molecular weight is 289 g/mol. The van der Waals surface area contributed by atoms with E-state index >= 15 is 0 Å². The molecular formula is C15H12FNO4. The second kappa shape index (κ2) is 6.04. The Balaban J connectivity index is 2.29. The van der Waals surface area contributed by atoms with Crippen LogP contribution in [0.4, 0.5) is 4.39 Å². The molecule has 3 N–H and O–H groups in total. The van der Waals surface area contributed by atoms with E-state index in [4.69, 9.17) is 5.11 Å². The van der Waals surface area contributed by atoms with Crippen LogP contribution in [0.1, 0.15) is 16.8 Å². The van der Waals surface area contributed by atoms with Crippen LogP contribution in [0, 0.1) is 5.82 Å². The van der Waals surface area contributed by atoms with E-state index < -0.39 is 17.5 Å². The van der Waals surface area contributed by atoms with Gasteiger partial charge in [-0.05, 0) is 23.3 Å². The molecule has 0 radical (unpaired) electrons. The molecule has 5 nitrogen and oxygen atoms in total. The molecule has 0 amide bonds. The molecule has 0 aliphatic carbocycles. The summed E-state index contributed by atoms with van der Waals surface area (Å²) in [4.78, 5) is 24.2. The molecule has 2 aromatic rings. The van der Waals surface area contributed by atoms with Crippen molar-refractivity contribution in [3.63, 3.8) is 0 Å². The predicted molar refractivity (Wildman–Crippen MR) is 73.2 cm³/mol. The summed E-state index contributed by atoms with van der Waals surface area (Å²) in [5.74, 6) is -3.78. The predicted octanol–water partition coefficient (Wildman–Crippen LogP) is 2.30. The number of carboxylic acid groups (broad SMARTS) is 1. The van der Waals surface area contributed by atoms with Gasteiger partial charge in [0.25, 0.3) is 5.78 Å². The number of H-pyrrole nitrogens is 1. The molecule has 1 heterocycles. The number of nitrogens with one attached hydrogen (secondary N) is 1. The van der Waals surface area contributed by atoms with E-state index in [9.17, 15) is 19.1 Å². The van der Waals surface area contributed by atoms with Crippen LogP contribution in [0.2, 0.25) is 0 Å². The van der Waals surface area contributed by atoms with Crippen molar-refractivity contribution >= 4 is 17.5 Å². The van der Waals surface area contributed by atoms with Gasteiger partial charge < -0.3 is 15.2 Å². The fourth-order valence-electron chi connectivity index (χ4n) is 1.89. The van der Waals surface area contributed by atoms with Gasteiger partial charge in [-0.3, -0.25) is 4.79 Å². The highest BCUT2D eigenvalue weighted by Gasteiger charge is 2.15. The van der Waals surface area contributed by atoms with E-state index in [1.807, 2.05) is 0 Å². The number of carbonyl (C=O) groups excluding carboxylic acids is 1. The number of aromatic amines is 1.